The molecule has 5 nitrogen and oxygen atoms in total. The maximum Gasteiger partial charge on any atom is 0.246 e. The number of para-hydroxylation sites is 1. The van der Waals surface area contributed by atoms with Crippen LogP contribution in [-0.4, -0.2) is 54.7 Å². The molecule has 3 rings (SSSR count). The number of amides is 2. The molecule has 1 heterocycles. The Bertz CT molecular complexity index is 857. The van der Waals surface area contributed by atoms with Gasteiger partial charge in [0.25, 0.3) is 0 Å². The molecule has 2 aromatic rings. The third kappa shape index (κ3) is 5.87. The average Bonchev–Trinajstić information content (AvgIpc) is 2.72. The smallest absolute Gasteiger partial charge is 0.246 e. The molecular formula is C21H23ClFN3O2S. The fourth-order valence-corrected chi connectivity index (χ4v) is 4.27. The Morgan fingerprint density at radius 1 is 1.10 bits per heavy atom. The maximum atomic E-state index is 14.0. The first kappa shape index (κ1) is 21.5. The van der Waals surface area contributed by atoms with E-state index in [1.54, 1.807) is 35.2 Å². The number of nitrogens with one attached hydrogen (secondary N) is 1. The number of carbonyl (C=O) groups is 2. The van der Waals surface area contributed by atoms with Crippen LogP contribution in [0.1, 0.15) is 6.92 Å². The highest BCUT2D eigenvalue weighted by Gasteiger charge is 2.28. The highest BCUT2D eigenvalue weighted by Crippen LogP contribution is 2.23. The van der Waals surface area contributed by atoms with E-state index in [4.69, 9.17) is 11.6 Å². The van der Waals surface area contributed by atoms with Crippen molar-refractivity contribution in [3.05, 3.63) is 59.4 Å². The van der Waals surface area contributed by atoms with Gasteiger partial charge in [-0.1, -0.05) is 23.7 Å². The topological polar surface area (TPSA) is 52.7 Å². The molecule has 29 heavy (non-hydrogen) atoms. The lowest BCUT2D eigenvalue weighted by atomic mass is 10.2. The molecule has 1 atom stereocenters. The van der Waals surface area contributed by atoms with Gasteiger partial charge in [-0.3, -0.25) is 9.59 Å². The molecular weight excluding hydrogens is 413 g/mol. The van der Waals surface area contributed by atoms with Crippen molar-refractivity contribution in [1.82, 2.24) is 10.2 Å². The van der Waals surface area contributed by atoms with E-state index in [1.165, 1.54) is 24.8 Å². The maximum absolute atomic E-state index is 14.0. The molecule has 0 radical (unpaired) electrons. The highest BCUT2D eigenvalue weighted by atomic mass is 35.5. The molecule has 0 aliphatic carbocycles. The number of nitrogens with zero attached hydrogens (tertiary/aromatic N) is 2. The van der Waals surface area contributed by atoms with Crippen LogP contribution in [0, 0.1) is 5.82 Å². The summed E-state index contributed by atoms with van der Waals surface area (Å²) >= 11 is 7.40. The van der Waals surface area contributed by atoms with Gasteiger partial charge in [0.15, 0.2) is 0 Å². The number of rotatable bonds is 6. The predicted molar refractivity (Wildman–Crippen MR) is 115 cm³/mol. The zero-order valence-corrected chi connectivity index (χ0v) is 17.7. The Hall–Kier alpha value is -2.25. The average molecular weight is 436 g/mol. The van der Waals surface area contributed by atoms with E-state index >= 15 is 0 Å². The third-order valence-electron chi connectivity index (χ3n) is 4.69. The van der Waals surface area contributed by atoms with Gasteiger partial charge in [-0.05, 0) is 36.4 Å². The van der Waals surface area contributed by atoms with Gasteiger partial charge >= 0.3 is 0 Å². The molecule has 2 amide bonds. The van der Waals surface area contributed by atoms with Gasteiger partial charge in [0.2, 0.25) is 11.8 Å². The summed E-state index contributed by atoms with van der Waals surface area (Å²) in [7, 11) is 0. The number of carbonyl (C=O) groups excluding carboxylic acids is 2. The van der Waals surface area contributed by atoms with Crippen LogP contribution in [0.15, 0.2) is 53.4 Å². The molecule has 2 aromatic carbocycles. The van der Waals surface area contributed by atoms with Gasteiger partial charge in [-0.15, -0.1) is 11.8 Å². The van der Waals surface area contributed by atoms with Crippen LogP contribution in [0.25, 0.3) is 0 Å². The van der Waals surface area contributed by atoms with Gasteiger partial charge in [-0.2, -0.15) is 0 Å². The molecule has 154 valence electrons. The molecule has 0 bridgehead atoms. The Labute approximate surface area is 179 Å². The first-order valence-electron chi connectivity index (χ1n) is 9.38. The largest absolute Gasteiger partial charge is 0.366 e. The summed E-state index contributed by atoms with van der Waals surface area (Å²) in [6.45, 7) is 3.46. The summed E-state index contributed by atoms with van der Waals surface area (Å²) in [5.41, 5.74) is 0.552. The third-order valence-corrected chi connectivity index (χ3v) is 6.05. The van der Waals surface area contributed by atoms with Gasteiger partial charge in [0.05, 0.1) is 5.69 Å². The standard InChI is InChI=1S/C21H23ClFN3O2S/c1-15(27)24-19(14-29-17-8-6-16(22)7-9-17)21(28)26-12-10-25(11-13-26)20-5-3-2-4-18(20)23/h2-9,19H,10-14H2,1H3,(H,24,27). The molecule has 1 fully saturated rings. The van der Waals surface area contributed by atoms with E-state index in [0.717, 1.165) is 4.90 Å². The van der Waals surface area contributed by atoms with Crippen molar-refractivity contribution in [1.29, 1.82) is 0 Å². The lowest BCUT2D eigenvalue weighted by molar-refractivity contribution is -0.135. The van der Waals surface area contributed by atoms with Gasteiger partial charge in [0.1, 0.15) is 11.9 Å². The Kier molecular flexibility index (Phi) is 7.39. The highest BCUT2D eigenvalue weighted by molar-refractivity contribution is 7.99. The number of piperazine rings is 1. The van der Waals surface area contributed by atoms with Gasteiger partial charge < -0.3 is 15.1 Å². The summed E-state index contributed by atoms with van der Waals surface area (Å²) in [6.07, 6.45) is 0. The number of hydrogen-bond acceptors (Lipinski definition) is 4. The summed E-state index contributed by atoms with van der Waals surface area (Å²) in [4.78, 5) is 29.3. The van der Waals surface area contributed by atoms with E-state index in [2.05, 4.69) is 5.32 Å². The second-order valence-corrected chi connectivity index (χ2v) is 8.31. The zero-order valence-electron chi connectivity index (χ0n) is 16.1. The fraction of sp³-hybridized carbons (Fsp3) is 0.333. The molecule has 1 aliphatic heterocycles. The van der Waals surface area contributed by atoms with Crippen molar-refractivity contribution < 1.29 is 14.0 Å². The minimum absolute atomic E-state index is 0.116. The van der Waals surface area contributed by atoms with Crippen LogP contribution in [0.3, 0.4) is 0 Å². The number of halogens is 2. The predicted octanol–water partition coefficient (Wildman–Crippen LogP) is 3.42. The van der Waals surface area contributed by atoms with Crippen LogP contribution in [0.5, 0.6) is 0 Å². The van der Waals surface area contributed by atoms with Gasteiger partial charge in [0, 0.05) is 48.8 Å². The molecule has 1 N–H and O–H groups in total. The first-order chi connectivity index (χ1) is 13.9. The number of benzene rings is 2. The van der Waals surface area contributed by atoms with Crippen LogP contribution in [0.4, 0.5) is 10.1 Å². The Morgan fingerprint density at radius 2 is 1.76 bits per heavy atom. The van der Waals surface area contributed by atoms with Crippen LogP contribution < -0.4 is 10.2 Å². The van der Waals surface area contributed by atoms with Gasteiger partial charge in [-0.25, -0.2) is 4.39 Å². The van der Waals surface area contributed by atoms with E-state index in [1.807, 2.05) is 17.0 Å². The molecule has 0 saturated carbocycles. The van der Waals surface area contributed by atoms with E-state index in [0.29, 0.717) is 42.6 Å². The summed E-state index contributed by atoms with van der Waals surface area (Å²) in [5.74, 6) is -0.198. The van der Waals surface area contributed by atoms with Crippen LogP contribution >= 0.6 is 23.4 Å². The van der Waals surface area contributed by atoms with Crippen molar-refractivity contribution in [2.45, 2.75) is 17.9 Å². The summed E-state index contributed by atoms with van der Waals surface area (Å²) in [6, 6.07) is 13.4. The molecule has 1 aliphatic rings. The zero-order chi connectivity index (χ0) is 20.8. The number of thioether (sulfide) groups is 1. The van der Waals surface area contributed by atoms with E-state index in [-0.39, 0.29) is 17.6 Å². The normalized spacial score (nSPS) is 15.1. The Morgan fingerprint density at radius 3 is 2.38 bits per heavy atom. The molecule has 0 spiro atoms. The quantitative estimate of drug-likeness (QED) is 0.706. The lowest BCUT2D eigenvalue weighted by Gasteiger charge is -2.37. The van der Waals surface area contributed by atoms with Crippen molar-refractivity contribution in [3.8, 4) is 0 Å². The molecule has 1 saturated heterocycles. The second-order valence-electron chi connectivity index (χ2n) is 6.78. The second kappa shape index (κ2) is 9.98. The fourth-order valence-electron chi connectivity index (χ4n) is 3.23. The first-order valence-corrected chi connectivity index (χ1v) is 10.7. The summed E-state index contributed by atoms with van der Waals surface area (Å²) in [5, 5.41) is 3.41. The van der Waals surface area contributed by atoms with Crippen LogP contribution in [-0.2, 0) is 9.59 Å². The molecule has 0 aromatic heterocycles. The summed E-state index contributed by atoms with van der Waals surface area (Å²) < 4.78 is 14.0. The van der Waals surface area contributed by atoms with Crippen molar-refractivity contribution in [2.75, 3.05) is 36.8 Å². The lowest BCUT2D eigenvalue weighted by Crippen LogP contribution is -2.55. The van der Waals surface area contributed by atoms with Crippen molar-refractivity contribution >= 4 is 40.9 Å². The Balaban J connectivity index is 1.60. The number of hydrogen-bond donors (Lipinski definition) is 1. The SMILES string of the molecule is CC(=O)NC(CSc1ccc(Cl)cc1)C(=O)N1CCN(c2ccccc2F)CC1. The number of anilines is 1. The molecule has 1 unspecified atom stereocenters. The van der Waals surface area contributed by atoms with Crippen molar-refractivity contribution in [3.63, 3.8) is 0 Å². The van der Waals surface area contributed by atoms with Crippen molar-refractivity contribution in [2.24, 2.45) is 0 Å². The minimum Gasteiger partial charge on any atom is -0.366 e. The minimum atomic E-state index is -0.617. The van der Waals surface area contributed by atoms with E-state index < -0.39 is 6.04 Å². The monoisotopic (exact) mass is 435 g/mol. The van der Waals surface area contributed by atoms with E-state index in [9.17, 15) is 14.0 Å². The van der Waals surface area contributed by atoms with Crippen LogP contribution in [0.2, 0.25) is 5.02 Å². The molecule has 8 heteroatoms.